The van der Waals surface area contributed by atoms with Gasteiger partial charge in [-0.15, -0.1) is 0 Å². The van der Waals surface area contributed by atoms with Crippen molar-refractivity contribution in [1.29, 1.82) is 0 Å². The van der Waals surface area contributed by atoms with E-state index in [4.69, 9.17) is 11.6 Å². The van der Waals surface area contributed by atoms with Crippen molar-refractivity contribution in [1.82, 2.24) is 14.9 Å². The predicted octanol–water partition coefficient (Wildman–Crippen LogP) is 4.67. The van der Waals surface area contributed by atoms with Crippen LogP contribution in [0.4, 0.5) is 5.82 Å². The average Bonchev–Trinajstić information content (AvgIpc) is 3.36. The van der Waals surface area contributed by atoms with E-state index in [1.54, 1.807) is 0 Å². The highest BCUT2D eigenvalue weighted by molar-refractivity contribution is 6.30. The summed E-state index contributed by atoms with van der Waals surface area (Å²) in [6, 6.07) is 13.6. The molecule has 1 saturated heterocycles. The Morgan fingerprint density at radius 2 is 1.83 bits per heavy atom. The van der Waals surface area contributed by atoms with Crippen LogP contribution >= 0.6 is 11.6 Å². The molecule has 0 bridgehead atoms. The number of hydrogen-bond donors (Lipinski definition) is 1. The molecule has 150 valence electrons. The third kappa shape index (κ3) is 4.15. The van der Waals surface area contributed by atoms with E-state index in [0.717, 1.165) is 41.5 Å². The van der Waals surface area contributed by atoms with Crippen molar-refractivity contribution in [2.24, 2.45) is 0 Å². The third-order valence-electron chi connectivity index (χ3n) is 5.45. The first-order valence-corrected chi connectivity index (χ1v) is 10.3. The van der Waals surface area contributed by atoms with Gasteiger partial charge in [-0.1, -0.05) is 17.7 Å². The van der Waals surface area contributed by atoms with Crippen LogP contribution in [0.25, 0.3) is 5.69 Å². The maximum Gasteiger partial charge on any atom is 0.253 e. The van der Waals surface area contributed by atoms with Gasteiger partial charge in [0.15, 0.2) is 0 Å². The van der Waals surface area contributed by atoms with Crippen LogP contribution in [-0.4, -0.2) is 28.5 Å². The number of carbonyl (C=O) groups excluding carboxylic acids is 1. The highest BCUT2D eigenvalue weighted by atomic mass is 35.5. The lowest BCUT2D eigenvalue weighted by Crippen LogP contribution is -2.23. The van der Waals surface area contributed by atoms with Crippen LogP contribution in [0.5, 0.6) is 0 Å². The molecule has 0 unspecified atom stereocenters. The molecule has 1 N–H and O–H groups in total. The fourth-order valence-corrected chi connectivity index (χ4v) is 4.04. The Morgan fingerprint density at radius 3 is 2.48 bits per heavy atom. The highest BCUT2D eigenvalue weighted by Gasteiger charge is 2.17. The Hall–Kier alpha value is -2.79. The summed E-state index contributed by atoms with van der Waals surface area (Å²) in [5.74, 6) is 0.936. The number of aryl methyl sites for hydroxylation is 1. The second-order valence-electron chi connectivity index (χ2n) is 7.50. The van der Waals surface area contributed by atoms with Crippen molar-refractivity contribution >= 4 is 23.3 Å². The van der Waals surface area contributed by atoms with Crippen molar-refractivity contribution in [3.8, 4) is 5.69 Å². The Kier molecular flexibility index (Phi) is 5.58. The van der Waals surface area contributed by atoms with Crippen molar-refractivity contribution in [3.05, 3.63) is 76.2 Å². The Morgan fingerprint density at radius 1 is 1.10 bits per heavy atom. The van der Waals surface area contributed by atoms with Crippen LogP contribution in [0.15, 0.2) is 48.7 Å². The topological polar surface area (TPSA) is 50.2 Å². The Bertz CT molecular complexity index is 1000. The number of halogens is 1. The third-order valence-corrected chi connectivity index (χ3v) is 5.70. The molecule has 5 nitrogen and oxygen atoms in total. The zero-order valence-corrected chi connectivity index (χ0v) is 17.5. The molecule has 0 aliphatic carbocycles. The molecule has 3 aromatic rings. The summed E-state index contributed by atoms with van der Waals surface area (Å²) in [5.41, 5.74) is 4.58. The van der Waals surface area contributed by atoms with Crippen molar-refractivity contribution < 1.29 is 4.79 Å². The van der Waals surface area contributed by atoms with E-state index in [2.05, 4.69) is 19.8 Å². The Labute approximate surface area is 176 Å². The number of amides is 1. The van der Waals surface area contributed by atoms with Gasteiger partial charge in [-0.3, -0.25) is 4.79 Å². The normalized spacial score (nSPS) is 13.7. The molecule has 2 aromatic heterocycles. The lowest BCUT2D eigenvalue weighted by molar-refractivity contribution is 0.0950. The maximum atomic E-state index is 12.8. The lowest BCUT2D eigenvalue weighted by atomic mass is 10.2. The standard InChI is InChI=1S/C23H25ClN4O/c1-16-13-21(17(2)28(16)20-8-6-19(24)7-9-20)23(29)26-15-18-5-10-22(25-14-18)27-11-3-4-12-27/h5-10,13-14H,3-4,11-12,15H2,1-2H3,(H,26,29). The summed E-state index contributed by atoms with van der Waals surface area (Å²) < 4.78 is 2.07. The molecule has 0 spiro atoms. The van der Waals surface area contributed by atoms with E-state index < -0.39 is 0 Å². The van der Waals surface area contributed by atoms with Gasteiger partial charge in [-0.05, 0) is 68.7 Å². The molecule has 1 aliphatic rings. The van der Waals surface area contributed by atoms with E-state index >= 15 is 0 Å². The van der Waals surface area contributed by atoms with Crippen LogP contribution in [0.3, 0.4) is 0 Å². The zero-order chi connectivity index (χ0) is 20.4. The Balaban J connectivity index is 1.45. The summed E-state index contributed by atoms with van der Waals surface area (Å²) in [7, 11) is 0. The molecule has 0 saturated carbocycles. The first kappa shape index (κ1) is 19.5. The summed E-state index contributed by atoms with van der Waals surface area (Å²) >= 11 is 6.00. The number of pyridine rings is 1. The van der Waals surface area contributed by atoms with Gasteiger partial charge in [0.25, 0.3) is 5.91 Å². The van der Waals surface area contributed by atoms with Gasteiger partial charge in [0.1, 0.15) is 5.82 Å². The molecular formula is C23H25ClN4O. The van der Waals surface area contributed by atoms with Gasteiger partial charge in [-0.25, -0.2) is 4.98 Å². The fourth-order valence-electron chi connectivity index (χ4n) is 3.91. The van der Waals surface area contributed by atoms with Crippen LogP contribution in [0.1, 0.15) is 40.2 Å². The van der Waals surface area contributed by atoms with Gasteiger partial charge in [-0.2, -0.15) is 0 Å². The van der Waals surface area contributed by atoms with Crippen LogP contribution in [0.2, 0.25) is 5.02 Å². The van der Waals surface area contributed by atoms with E-state index in [1.165, 1.54) is 12.8 Å². The predicted molar refractivity (Wildman–Crippen MR) is 117 cm³/mol. The molecule has 1 aromatic carbocycles. The van der Waals surface area contributed by atoms with Crippen molar-refractivity contribution in [2.45, 2.75) is 33.2 Å². The van der Waals surface area contributed by atoms with Crippen molar-refractivity contribution in [2.75, 3.05) is 18.0 Å². The molecule has 3 heterocycles. The summed E-state index contributed by atoms with van der Waals surface area (Å²) in [6.07, 6.45) is 4.31. The summed E-state index contributed by atoms with van der Waals surface area (Å²) in [6.45, 7) is 6.57. The monoisotopic (exact) mass is 408 g/mol. The minimum absolute atomic E-state index is 0.0815. The first-order valence-electron chi connectivity index (χ1n) is 9.96. The van der Waals surface area contributed by atoms with Crippen LogP contribution in [-0.2, 0) is 6.54 Å². The van der Waals surface area contributed by atoms with Gasteiger partial charge in [0.05, 0.1) is 5.56 Å². The minimum atomic E-state index is -0.0815. The van der Waals surface area contributed by atoms with Gasteiger partial charge >= 0.3 is 0 Å². The lowest BCUT2D eigenvalue weighted by Gasteiger charge is -2.16. The van der Waals surface area contributed by atoms with E-state index in [0.29, 0.717) is 17.1 Å². The number of hydrogen-bond acceptors (Lipinski definition) is 3. The summed E-state index contributed by atoms with van der Waals surface area (Å²) in [5, 5.41) is 3.71. The number of rotatable bonds is 5. The van der Waals surface area contributed by atoms with E-state index in [1.807, 2.05) is 62.5 Å². The van der Waals surface area contributed by atoms with Gasteiger partial charge in [0.2, 0.25) is 0 Å². The quantitative estimate of drug-likeness (QED) is 0.667. The first-order chi connectivity index (χ1) is 14.0. The van der Waals surface area contributed by atoms with E-state index in [-0.39, 0.29) is 5.91 Å². The van der Waals surface area contributed by atoms with Crippen LogP contribution in [0, 0.1) is 13.8 Å². The summed E-state index contributed by atoms with van der Waals surface area (Å²) in [4.78, 5) is 19.6. The van der Waals surface area contributed by atoms with Gasteiger partial charge in [0, 0.05) is 47.9 Å². The van der Waals surface area contributed by atoms with Crippen LogP contribution < -0.4 is 10.2 Å². The number of nitrogens with zero attached hydrogens (tertiary/aromatic N) is 3. The molecule has 1 aliphatic heterocycles. The maximum absolute atomic E-state index is 12.8. The molecule has 1 fully saturated rings. The molecule has 4 rings (SSSR count). The van der Waals surface area contributed by atoms with Gasteiger partial charge < -0.3 is 14.8 Å². The number of benzene rings is 1. The highest BCUT2D eigenvalue weighted by Crippen LogP contribution is 2.22. The number of carbonyl (C=O) groups is 1. The molecule has 1 amide bonds. The minimum Gasteiger partial charge on any atom is -0.357 e. The van der Waals surface area contributed by atoms with Crippen molar-refractivity contribution in [3.63, 3.8) is 0 Å². The second kappa shape index (κ2) is 8.29. The fraction of sp³-hybridized carbons (Fsp3) is 0.304. The number of anilines is 1. The molecular weight excluding hydrogens is 384 g/mol. The number of nitrogens with one attached hydrogen (secondary N) is 1. The molecule has 29 heavy (non-hydrogen) atoms. The molecule has 0 radical (unpaired) electrons. The number of aromatic nitrogens is 2. The molecule has 6 heteroatoms. The SMILES string of the molecule is Cc1cc(C(=O)NCc2ccc(N3CCCC3)nc2)c(C)n1-c1ccc(Cl)cc1. The molecule has 0 atom stereocenters. The average molecular weight is 409 g/mol. The van der Waals surface area contributed by atoms with E-state index in [9.17, 15) is 4.79 Å². The zero-order valence-electron chi connectivity index (χ0n) is 16.8. The largest absolute Gasteiger partial charge is 0.357 e. The smallest absolute Gasteiger partial charge is 0.253 e. The second-order valence-corrected chi connectivity index (χ2v) is 7.93.